The highest BCUT2D eigenvalue weighted by molar-refractivity contribution is 7.19. The lowest BCUT2D eigenvalue weighted by molar-refractivity contribution is 0.607. The number of rotatable bonds is 11. The molecule has 3 aromatic carbocycles. The molecule has 36 heavy (non-hydrogen) atoms. The minimum Gasteiger partial charge on any atom is -0.135 e. The molecule has 2 heteroatoms. The lowest BCUT2D eigenvalue weighted by Gasteiger charge is -2.04. The summed E-state index contributed by atoms with van der Waals surface area (Å²) in [6.07, 6.45) is 9.34. The van der Waals surface area contributed by atoms with Gasteiger partial charge in [0.25, 0.3) is 0 Å². The van der Waals surface area contributed by atoms with E-state index < -0.39 is 0 Å². The van der Waals surface area contributed by atoms with E-state index in [4.69, 9.17) is 0 Å². The van der Waals surface area contributed by atoms with Gasteiger partial charge in [0.05, 0.1) is 0 Å². The Morgan fingerprint density at radius 2 is 0.833 bits per heavy atom. The number of unbranched alkanes of at least 4 members (excludes halogenated alkanes) is 5. The normalized spacial score (nSPS) is 11.1. The molecule has 0 aliphatic rings. The molecule has 5 aromatic rings. The molecule has 0 amide bonds. The van der Waals surface area contributed by atoms with E-state index >= 15 is 0 Å². The van der Waals surface area contributed by atoms with Crippen molar-refractivity contribution < 1.29 is 0 Å². The van der Waals surface area contributed by atoms with Crippen LogP contribution in [0.15, 0.2) is 103 Å². The summed E-state index contributed by atoms with van der Waals surface area (Å²) < 4.78 is 0. The van der Waals surface area contributed by atoms with Crippen molar-refractivity contribution in [3.05, 3.63) is 109 Å². The van der Waals surface area contributed by atoms with Gasteiger partial charge in [-0.3, -0.25) is 0 Å². The molecule has 0 saturated heterocycles. The second-order valence-corrected chi connectivity index (χ2v) is 11.7. The van der Waals surface area contributed by atoms with Gasteiger partial charge in [-0.05, 0) is 64.9 Å². The fourth-order valence-corrected chi connectivity index (χ4v) is 6.68. The first kappa shape index (κ1) is 24.7. The molecule has 2 heterocycles. The zero-order chi connectivity index (χ0) is 24.6. The maximum absolute atomic E-state index is 2.32. The Labute approximate surface area is 224 Å². The molecular weight excluding hydrogens is 473 g/mol. The van der Waals surface area contributed by atoms with Crippen LogP contribution < -0.4 is 0 Å². The van der Waals surface area contributed by atoms with E-state index in [0.717, 1.165) is 0 Å². The first-order valence-electron chi connectivity index (χ1n) is 13.3. The fraction of sp³-hybridized carbons (Fsp3) is 0.235. The summed E-state index contributed by atoms with van der Waals surface area (Å²) in [6, 6.07) is 37.9. The molecule has 0 N–H and O–H groups in total. The first-order chi connectivity index (χ1) is 17.8. The third-order valence-corrected chi connectivity index (χ3v) is 9.15. The molecular formula is C34H34S2. The van der Waals surface area contributed by atoms with Gasteiger partial charge in [-0.1, -0.05) is 118 Å². The van der Waals surface area contributed by atoms with Crippen LogP contribution in [-0.2, 0) is 6.42 Å². The third-order valence-electron chi connectivity index (χ3n) is 6.78. The summed E-state index contributed by atoms with van der Waals surface area (Å²) >= 11 is 3.73. The summed E-state index contributed by atoms with van der Waals surface area (Å²) in [7, 11) is 0. The predicted octanol–water partition coefficient (Wildman–Crippen LogP) is 11.4. The minimum absolute atomic E-state index is 1.20. The number of thiophene rings is 2. The van der Waals surface area contributed by atoms with E-state index in [2.05, 4.69) is 110 Å². The maximum atomic E-state index is 2.32. The quantitative estimate of drug-likeness (QED) is 0.156. The fourth-order valence-electron chi connectivity index (χ4n) is 4.64. The Balaban J connectivity index is 1.20. The maximum Gasteiger partial charge on any atom is 0.0349 e. The Bertz CT molecular complexity index is 1340. The molecule has 0 nitrogen and oxygen atoms in total. The Hall–Kier alpha value is -2.94. The first-order valence-corrected chi connectivity index (χ1v) is 14.9. The van der Waals surface area contributed by atoms with Crippen LogP contribution in [0.3, 0.4) is 0 Å². The Morgan fingerprint density at radius 3 is 1.33 bits per heavy atom. The third kappa shape index (κ3) is 6.24. The lowest BCUT2D eigenvalue weighted by atomic mass is 10.0. The summed E-state index contributed by atoms with van der Waals surface area (Å²) in [5.74, 6) is 0. The Morgan fingerprint density at radius 1 is 0.417 bits per heavy atom. The van der Waals surface area contributed by atoms with Crippen LogP contribution in [0, 0.1) is 0 Å². The predicted molar refractivity (Wildman–Crippen MR) is 161 cm³/mol. The van der Waals surface area contributed by atoms with E-state index in [1.807, 2.05) is 22.7 Å². The van der Waals surface area contributed by atoms with Crippen molar-refractivity contribution in [2.24, 2.45) is 0 Å². The van der Waals surface area contributed by atoms with E-state index in [1.165, 1.54) is 92.3 Å². The minimum atomic E-state index is 1.20. The molecule has 0 saturated carbocycles. The molecule has 0 aliphatic heterocycles. The van der Waals surface area contributed by atoms with Gasteiger partial charge in [0, 0.05) is 19.5 Å². The van der Waals surface area contributed by atoms with E-state index in [-0.39, 0.29) is 0 Å². The van der Waals surface area contributed by atoms with Crippen LogP contribution in [0.2, 0.25) is 0 Å². The zero-order valence-electron chi connectivity index (χ0n) is 21.1. The number of hydrogen-bond donors (Lipinski definition) is 0. The summed E-state index contributed by atoms with van der Waals surface area (Å²) in [5, 5.41) is 0. The second-order valence-electron chi connectivity index (χ2n) is 9.49. The van der Waals surface area contributed by atoms with Crippen LogP contribution in [0.4, 0.5) is 0 Å². The van der Waals surface area contributed by atoms with Crippen molar-refractivity contribution in [3.63, 3.8) is 0 Å². The molecule has 0 spiro atoms. The van der Waals surface area contributed by atoms with Crippen molar-refractivity contribution in [2.75, 3.05) is 0 Å². The van der Waals surface area contributed by atoms with Gasteiger partial charge in [-0.2, -0.15) is 0 Å². The van der Waals surface area contributed by atoms with Crippen LogP contribution >= 0.6 is 22.7 Å². The number of benzene rings is 3. The summed E-state index contributed by atoms with van der Waals surface area (Å²) in [5.41, 5.74) is 6.64. The lowest BCUT2D eigenvalue weighted by Crippen LogP contribution is -1.86. The van der Waals surface area contributed by atoms with E-state index in [9.17, 15) is 0 Å². The summed E-state index contributed by atoms with van der Waals surface area (Å²) in [4.78, 5) is 5.29. The standard InChI is InChI=1S/C34H34S2/c1-2-3-4-5-6-8-11-26-14-16-28(17-15-26)32-24-25-34(36-32)30-20-18-29(19-21-30)33-23-22-31(35-33)27-12-9-7-10-13-27/h7,9-10,12-25H,2-6,8,11H2,1H3. The zero-order valence-corrected chi connectivity index (χ0v) is 22.7. The average Bonchev–Trinajstić information content (AvgIpc) is 3.63. The number of hydrogen-bond acceptors (Lipinski definition) is 2. The highest BCUT2D eigenvalue weighted by atomic mass is 32.1. The van der Waals surface area contributed by atoms with Gasteiger partial charge in [0.15, 0.2) is 0 Å². The molecule has 0 fully saturated rings. The molecule has 0 radical (unpaired) electrons. The van der Waals surface area contributed by atoms with Crippen LogP contribution in [0.1, 0.15) is 51.0 Å². The van der Waals surface area contributed by atoms with Gasteiger partial charge >= 0.3 is 0 Å². The van der Waals surface area contributed by atoms with Gasteiger partial charge in [-0.15, -0.1) is 22.7 Å². The number of aryl methyl sites for hydroxylation is 1. The largest absolute Gasteiger partial charge is 0.135 e. The van der Waals surface area contributed by atoms with Crippen molar-refractivity contribution in [2.45, 2.75) is 51.9 Å². The smallest absolute Gasteiger partial charge is 0.0349 e. The van der Waals surface area contributed by atoms with Gasteiger partial charge in [0.1, 0.15) is 0 Å². The topological polar surface area (TPSA) is 0 Å². The molecule has 5 rings (SSSR count). The molecule has 0 atom stereocenters. The average molecular weight is 507 g/mol. The van der Waals surface area contributed by atoms with Gasteiger partial charge < -0.3 is 0 Å². The van der Waals surface area contributed by atoms with Crippen LogP contribution in [0.5, 0.6) is 0 Å². The molecule has 0 aliphatic carbocycles. The van der Waals surface area contributed by atoms with Crippen molar-refractivity contribution in [1.29, 1.82) is 0 Å². The molecule has 2 aromatic heterocycles. The van der Waals surface area contributed by atoms with Crippen LogP contribution in [0.25, 0.3) is 41.8 Å². The molecule has 0 unspecified atom stereocenters. The van der Waals surface area contributed by atoms with Gasteiger partial charge in [0.2, 0.25) is 0 Å². The van der Waals surface area contributed by atoms with E-state index in [0.29, 0.717) is 0 Å². The Kier molecular flexibility index (Phi) is 8.48. The van der Waals surface area contributed by atoms with Gasteiger partial charge in [-0.25, -0.2) is 0 Å². The van der Waals surface area contributed by atoms with Crippen LogP contribution in [-0.4, -0.2) is 0 Å². The SMILES string of the molecule is CCCCCCCCc1ccc(-c2ccc(-c3ccc(-c4ccc(-c5ccccc5)s4)cc3)s2)cc1. The highest BCUT2D eigenvalue weighted by Crippen LogP contribution is 2.38. The highest BCUT2D eigenvalue weighted by Gasteiger charge is 2.08. The van der Waals surface area contributed by atoms with Crippen molar-refractivity contribution >= 4 is 22.7 Å². The van der Waals surface area contributed by atoms with Crippen molar-refractivity contribution in [3.8, 4) is 41.8 Å². The second kappa shape index (κ2) is 12.3. The molecule has 0 bridgehead atoms. The molecule has 182 valence electrons. The monoisotopic (exact) mass is 506 g/mol. The van der Waals surface area contributed by atoms with Crippen molar-refractivity contribution in [1.82, 2.24) is 0 Å². The van der Waals surface area contributed by atoms with E-state index in [1.54, 1.807) is 0 Å². The summed E-state index contributed by atoms with van der Waals surface area (Å²) in [6.45, 7) is 2.28.